The summed E-state index contributed by atoms with van der Waals surface area (Å²) in [6.07, 6.45) is 2.45. The molecule has 0 aromatic rings. The predicted octanol–water partition coefficient (Wildman–Crippen LogP) is 4.58. The second kappa shape index (κ2) is 6.02. The van der Waals surface area contributed by atoms with Gasteiger partial charge in [0.1, 0.15) is 0 Å². The molecule has 2 heteroatoms. The highest BCUT2D eigenvalue weighted by Crippen LogP contribution is 2.32. The molecule has 0 aromatic heterocycles. The van der Waals surface area contributed by atoms with Gasteiger partial charge in [-0.15, -0.1) is 0 Å². The molecule has 0 amide bonds. The molecule has 0 saturated heterocycles. The molecule has 16 heavy (non-hydrogen) atoms. The summed E-state index contributed by atoms with van der Waals surface area (Å²) in [7, 11) is 0. The largest absolute Gasteiger partial charge is 0.233 e. The molecule has 0 aliphatic rings. The zero-order valence-electron chi connectivity index (χ0n) is 12.4. The Morgan fingerprint density at radius 2 is 1.19 bits per heavy atom. The van der Waals surface area contributed by atoms with E-state index < -0.39 is 0 Å². The zero-order valence-corrected chi connectivity index (χ0v) is 12.4. The van der Waals surface area contributed by atoms with Gasteiger partial charge in [-0.05, 0) is 37.5 Å². The van der Waals surface area contributed by atoms with Crippen molar-refractivity contribution in [3.05, 3.63) is 0 Å². The Morgan fingerprint density at radius 3 is 1.50 bits per heavy atom. The Labute approximate surface area is 102 Å². The van der Waals surface area contributed by atoms with Gasteiger partial charge >= 0.3 is 0 Å². The monoisotopic (exact) mass is 230 g/mol. The molecule has 2 nitrogen and oxygen atoms in total. The van der Waals surface area contributed by atoms with E-state index >= 15 is 0 Å². The maximum absolute atomic E-state index is 5.58. The maximum Gasteiger partial charge on any atom is 0.0955 e. The van der Waals surface area contributed by atoms with Gasteiger partial charge in [0.25, 0.3) is 0 Å². The van der Waals surface area contributed by atoms with Gasteiger partial charge in [-0.1, -0.05) is 41.5 Å². The molecular formula is C14H30O2. The van der Waals surface area contributed by atoms with E-state index in [9.17, 15) is 0 Å². The smallest absolute Gasteiger partial charge is 0.0955 e. The third kappa shape index (κ3) is 4.42. The third-order valence-electron chi connectivity index (χ3n) is 4.16. The lowest BCUT2D eigenvalue weighted by Crippen LogP contribution is -2.34. The van der Waals surface area contributed by atoms with Gasteiger partial charge in [0.05, 0.1) is 12.2 Å². The number of rotatable bonds is 6. The van der Waals surface area contributed by atoms with E-state index in [4.69, 9.17) is 9.78 Å². The summed E-state index contributed by atoms with van der Waals surface area (Å²) in [5.74, 6) is 0. The van der Waals surface area contributed by atoms with Crippen LogP contribution in [0.5, 0.6) is 0 Å². The summed E-state index contributed by atoms with van der Waals surface area (Å²) in [5, 5.41) is 0. The first-order valence-electron chi connectivity index (χ1n) is 6.49. The Balaban J connectivity index is 4.21. The minimum Gasteiger partial charge on any atom is -0.233 e. The first-order chi connectivity index (χ1) is 7.17. The van der Waals surface area contributed by atoms with Crippen LogP contribution in [0.25, 0.3) is 0 Å². The van der Waals surface area contributed by atoms with Crippen molar-refractivity contribution in [2.45, 2.75) is 80.4 Å². The van der Waals surface area contributed by atoms with Crippen LogP contribution in [0.4, 0.5) is 0 Å². The normalized spacial score (nSPS) is 17.2. The summed E-state index contributed by atoms with van der Waals surface area (Å²) < 4.78 is 0. The van der Waals surface area contributed by atoms with Crippen molar-refractivity contribution in [2.24, 2.45) is 10.8 Å². The number of hydrogen-bond donors (Lipinski definition) is 0. The molecule has 98 valence electrons. The molecule has 0 rings (SSSR count). The average Bonchev–Trinajstić information content (AvgIpc) is 2.22. The van der Waals surface area contributed by atoms with E-state index in [1.54, 1.807) is 0 Å². The second-order valence-corrected chi connectivity index (χ2v) is 6.20. The highest BCUT2D eigenvalue weighted by molar-refractivity contribution is 4.77. The van der Waals surface area contributed by atoms with Crippen LogP contribution in [0.15, 0.2) is 0 Å². The minimum atomic E-state index is 0.105. The molecule has 0 N–H and O–H groups in total. The minimum absolute atomic E-state index is 0.105. The van der Waals surface area contributed by atoms with Crippen molar-refractivity contribution in [1.29, 1.82) is 0 Å². The standard InChI is InChI=1S/C14H30O2/c1-9-14(8,10-2)12(4)16-15-11(3)13(5,6)7/h11-12H,9-10H2,1-8H3. The average molecular weight is 230 g/mol. The van der Waals surface area contributed by atoms with Crippen molar-refractivity contribution in [2.75, 3.05) is 0 Å². The molecule has 0 aromatic carbocycles. The van der Waals surface area contributed by atoms with Crippen LogP contribution in [-0.4, -0.2) is 12.2 Å². The van der Waals surface area contributed by atoms with Gasteiger partial charge in [0, 0.05) is 0 Å². The molecule has 2 unspecified atom stereocenters. The van der Waals surface area contributed by atoms with Crippen LogP contribution in [0.1, 0.15) is 68.2 Å². The van der Waals surface area contributed by atoms with Crippen molar-refractivity contribution in [3.63, 3.8) is 0 Å². The summed E-state index contributed by atoms with van der Waals surface area (Å²) >= 11 is 0. The van der Waals surface area contributed by atoms with Gasteiger partial charge in [-0.3, -0.25) is 0 Å². The lowest BCUT2D eigenvalue weighted by atomic mass is 9.80. The van der Waals surface area contributed by atoms with Crippen LogP contribution in [0.2, 0.25) is 0 Å². The molecule has 0 spiro atoms. The zero-order chi connectivity index (χ0) is 13.0. The fourth-order valence-corrected chi connectivity index (χ4v) is 1.25. The van der Waals surface area contributed by atoms with Gasteiger partial charge in [-0.25, -0.2) is 9.78 Å². The lowest BCUT2D eigenvalue weighted by molar-refractivity contribution is -0.374. The maximum atomic E-state index is 5.58. The fourth-order valence-electron chi connectivity index (χ4n) is 1.25. The Hall–Kier alpha value is -0.0800. The highest BCUT2D eigenvalue weighted by Gasteiger charge is 2.31. The second-order valence-electron chi connectivity index (χ2n) is 6.20. The van der Waals surface area contributed by atoms with E-state index in [-0.39, 0.29) is 23.0 Å². The van der Waals surface area contributed by atoms with Crippen LogP contribution >= 0.6 is 0 Å². The fraction of sp³-hybridized carbons (Fsp3) is 1.00. The summed E-state index contributed by atoms with van der Waals surface area (Å²) in [4.78, 5) is 11.1. The predicted molar refractivity (Wildman–Crippen MR) is 69.2 cm³/mol. The van der Waals surface area contributed by atoms with Crippen LogP contribution in [0.3, 0.4) is 0 Å². The molecule has 0 aliphatic carbocycles. The van der Waals surface area contributed by atoms with Gasteiger partial charge < -0.3 is 0 Å². The molecule has 0 fully saturated rings. The molecule has 0 saturated carbocycles. The van der Waals surface area contributed by atoms with Crippen LogP contribution in [0, 0.1) is 10.8 Å². The van der Waals surface area contributed by atoms with Crippen LogP contribution < -0.4 is 0 Å². The van der Waals surface area contributed by atoms with E-state index in [1.807, 2.05) is 0 Å². The topological polar surface area (TPSA) is 18.5 Å². The third-order valence-corrected chi connectivity index (χ3v) is 4.16. The van der Waals surface area contributed by atoms with Crippen LogP contribution in [-0.2, 0) is 9.78 Å². The molecular weight excluding hydrogens is 200 g/mol. The first-order valence-corrected chi connectivity index (χ1v) is 6.49. The molecule has 0 aliphatic heterocycles. The molecule has 0 heterocycles. The summed E-state index contributed by atoms with van der Waals surface area (Å²) in [6, 6.07) is 0. The van der Waals surface area contributed by atoms with Gasteiger partial charge in [-0.2, -0.15) is 0 Å². The van der Waals surface area contributed by atoms with Gasteiger partial charge in [0.2, 0.25) is 0 Å². The summed E-state index contributed by atoms with van der Waals surface area (Å²) in [6.45, 7) is 17.3. The van der Waals surface area contributed by atoms with Crippen molar-refractivity contribution in [1.82, 2.24) is 0 Å². The van der Waals surface area contributed by atoms with Crippen molar-refractivity contribution >= 4 is 0 Å². The molecule has 0 radical (unpaired) electrons. The first kappa shape index (κ1) is 15.9. The number of hydrogen-bond acceptors (Lipinski definition) is 2. The Kier molecular flexibility index (Phi) is 5.99. The van der Waals surface area contributed by atoms with E-state index in [0.29, 0.717) is 0 Å². The Bertz CT molecular complexity index is 189. The quantitative estimate of drug-likeness (QED) is 0.491. The van der Waals surface area contributed by atoms with E-state index in [2.05, 4.69) is 55.4 Å². The van der Waals surface area contributed by atoms with E-state index in [1.165, 1.54) is 0 Å². The molecule has 0 bridgehead atoms. The van der Waals surface area contributed by atoms with E-state index in [0.717, 1.165) is 12.8 Å². The Morgan fingerprint density at radius 1 is 0.812 bits per heavy atom. The van der Waals surface area contributed by atoms with Gasteiger partial charge in [0.15, 0.2) is 0 Å². The lowest BCUT2D eigenvalue weighted by Gasteiger charge is -2.35. The van der Waals surface area contributed by atoms with Crippen molar-refractivity contribution in [3.8, 4) is 0 Å². The van der Waals surface area contributed by atoms with Crippen molar-refractivity contribution < 1.29 is 9.78 Å². The highest BCUT2D eigenvalue weighted by atomic mass is 17.2. The molecule has 2 atom stereocenters. The SMILES string of the molecule is CCC(C)(CC)C(C)OOC(C)C(C)(C)C. The summed E-state index contributed by atoms with van der Waals surface area (Å²) in [5.41, 5.74) is 0.326.